The molecule has 0 aliphatic carbocycles. The van der Waals surface area contributed by atoms with Gasteiger partial charge >= 0.3 is 0 Å². The van der Waals surface area contributed by atoms with Crippen molar-refractivity contribution in [2.75, 3.05) is 0 Å². The van der Waals surface area contributed by atoms with Crippen LogP contribution in [0.15, 0.2) is 42.5 Å². The van der Waals surface area contributed by atoms with E-state index in [1.807, 2.05) is 0 Å². The van der Waals surface area contributed by atoms with Gasteiger partial charge in [0.2, 0.25) is 0 Å². The predicted octanol–water partition coefficient (Wildman–Crippen LogP) is 2.80. The second-order valence-electron chi connectivity index (χ2n) is 5.51. The van der Waals surface area contributed by atoms with Gasteiger partial charge in [0, 0.05) is 23.2 Å². The van der Waals surface area contributed by atoms with Gasteiger partial charge in [0.25, 0.3) is 17.5 Å². The van der Waals surface area contributed by atoms with E-state index in [1.54, 1.807) is 31.2 Å². The zero-order valence-corrected chi connectivity index (χ0v) is 14.3. The number of carbonyl (C=O) groups is 2. The van der Waals surface area contributed by atoms with Gasteiger partial charge in [-0.3, -0.25) is 29.7 Å². The molecule has 8 nitrogen and oxygen atoms in total. The van der Waals surface area contributed by atoms with Gasteiger partial charge in [0.15, 0.2) is 0 Å². The molecule has 26 heavy (non-hydrogen) atoms. The number of hydrogen-bond acceptors (Lipinski definition) is 5. The maximum Gasteiger partial charge on any atom is 0.270 e. The number of nitrogens with zero attached hydrogens (tertiary/aromatic N) is 2. The summed E-state index contributed by atoms with van der Waals surface area (Å²) in [6.07, 6.45) is 0. The highest BCUT2D eigenvalue weighted by atomic mass is 35.5. The Labute approximate surface area is 152 Å². The van der Waals surface area contributed by atoms with Crippen LogP contribution in [-0.4, -0.2) is 21.3 Å². The molecule has 0 aliphatic heterocycles. The monoisotopic (exact) mass is 372 g/mol. The molecule has 3 rings (SSSR count). The van der Waals surface area contributed by atoms with Crippen LogP contribution in [0.2, 0.25) is 5.02 Å². The third-order valence-electron chi connectivity index (χ3n) is 4.07. The summed E-state index contributed by atoms with van der Waals surface area (Å²) < 4.78 is 1.34. The van der Waals surface area contributed by atoms with Crippen LogP contribution in [0, 0.1) is 17.0 Å². The molecule has 1 aromatic heterocycles. The molecule has 0 saturated carbocycles. The van der Waals surface area contributed by atoms with Crippen molar-refractivity contribution < 1.29 is 14.5 Å². The minimum atomic E-state index is -0.597. The van der Waals surface area contributed by atoms with Crippen molar-refractivity contribution in [3.05, 3.63) is 74.4 Å². The summed E-state index contributed by atoms with van der Waals surface area (Å²) in [5.74, 6) is 4.22. The first-order valence-corrected chi connectivity index (χ1v) is 7.84. The molecule has 0 fully saturated rings. The molecule has 2 aromatic carbocycles. The summed E-state index contributed by atoms with van der Waals surface area (Å²) >= 11 is 6.08. The van der Waals surface area contributed by atoms with Crippen LogP contribution in [0.1, 0.15) is 26.4 Å². The summed E-state index contributed by atoms with van der Waals surface area (Å²) in [6.45, 7) is 1.61. The van der Waals surface area contributed by atoms with Crippen molar-refractivity contribution in [2.45, 2.75) is 6.92 Å². The Morgan fingerprint density at radius 1 is 1.23 bits per heavy atom. The van der Waals surface area contributed by atoms with E-state index in [1.165, 1.54) is 16.7 Å². The number of rotatable bonds is 3. The molecule has 0 aliphatic rings. The molecule has 0 atom stereocenters. The van der Waals surface area contributed by atoms with E-state index in [2.05, 4.69) is 5.43 Å². The van der Waals surface area contributed by atoms with Gasteiger partial charge < -0.3 is 0 Å². The maximum atomic E-state index is 13.1. The lowest BCUT2D eigenvalue weighted by molar-refractivity contribution is -0.384. The first-order chi connectivity index (χ1) is 12.4. The zero-order valence-electron chi connectivity index (χ0n) is 13.5. The summed E-state index contributed by atoms with van der Waals surface area (Å²) in [5, 5.41) is 11.4. The highest BCUT2D eigenvalue weighted by molar-refractivity contribution is 6.34. The minimum absolute atomic E-state index is 0.0498. The second-order valence-corrected chi connectivity index (χ2v) is 5.92. The van der Waals surface area contributed by atoms with Crippen molar-refractivity contribution in [2.24, 2.45) is 5.84 Å². The fourth-order valence-electron chi connectivity index (χ4n) is 2.90. The first-order valence-electron chi connectivity index (χ1n) is 7.46. The lowest BCUT2D eigenvalue weighted by Gasteiger charge is -2.09. The van der Waals surface area contributed by atoms with Crippen LogP contribution in [0.5, 0.6) is 0 Å². The van der Waals surface area contributed by atoms with Crippen LogP contribution >= 0.6 is 11.6 Å². The van der Waals surface area contributed by atoms with Crippen LogP contribution in [-0.2, 0) is 0 Å². The van der Waals surface area contributed by atoms with Crippen molar-refractivity contribution in [1.82, 2.24) is 9.99 Å². The Bertz CT molecular complexity index is 1070. The topological polar surface area (TPSA) is 120 Å². The number of hydrogen-bond donors (Lipinski definition) is 2. The van der Waals surface area contributed by atoms with Crippen molar-refractivity contribution in [3.8, 4) is 0 Å². The Morgan fingerprint density at radius 3 is 2.54 bits per heavy atom. The lowest BCUT2D eigenvalue weighted by atomic mass is 10.1. The molecule has 3 N–H and O–H groups in total. The molecule has 0 spiro atoms. The summed E-state index contributed by atoms with van der Waals surface area (Å²) in [5.41, 5.74) is 3.10. The quantitative estimate of drug-likeness (QED) is 0.317. The number of nitrogen functional groups attached to an aromatic ring is 1. The number of carbonyl (C=O) groups excluding carboxylic acids is 2. The highest BCUT2D eigenvalue weighted by Crippen LogP contribution is 2.29. The largest absolute Gasteiger partial charge is 0.290 e. The molecule has 1 amide bonds. The Morgan fingerprint density at radius 2 is 1.92 bits per heavy atom. The average molecular weight is 373 g/mol. The smallest absolute Gasteiger partial charge is 0.270 e. The number of fused-ring (bicyclic) bond motifs is 1. The number of halogens is 1. The van der Waals surface area contributed by atoms with E-state index in [-0.39, 0.29) is 21.8 Å². The molecular weight excluding hydrogens is 360 g/mol. The van der Waals surface area contributed by atoms with Crippen molar-refractivity contribution >= 4 is 40.0 Å². The van der Waals surface area contributed by atoms with Crippen molar-refractivity contribution in [1.29, 1.82) is 0 Å². The van der Waals surface area contributed by atoms with E-state index in [0.29, 0.717) is 16.6 Å². The van der Waals surface area contributed by atoms with Gasteiger partial charge in [-0.15, -0.1) is 0 Å². The third kappa shape index (κ3) is 2.71. The summed E-state index contributed by atoms with van der Waals surface area (Å²) in [7, 11) is 0. The molecule has 0 bridgehead atoms. The number of aromatic nitrogens is 1. The Balaban J connectivity index is 2.23. The fourth-order valence-corrected chi connectivity index (χ4v) is 3.16. The van der Waals surface area contributed by atoms with E-state index in [4.69, 9.17) is 17.4 Å². The SMILES string of the molecule is Cc1c(C(=O)NN)c2ccccc2n1C(=O)c1ccc([N+](=O)[O-])cc1Cl. The van der Waals surface area contributed by atoms with Crippen molar-refractivity contribution in [3.63, 3.8) is 0 Å². The number of benzene rings is 2. The fraction of sp³-hybridized carbons (Fsp3) is 0.0588. The molecular formula is C17H13ClN4O4. The van der Waals surface area contributed by atoms with Crippen LogP contribution in [0.3, 0.4) is 0 Å². The summed E-state index contributed by atoms with van der Waals surface area (Å²) in [6, 6.07) is 10.5. The van der Waals surface area contributed by atoms with E-state index in [0.717, 1.165) is 6.07 Å². The lowest BCUT2D eigenvalue weighted by Crippen LogP contribution is -2.30. The average Bonchev–Trinajstić information content (AvgIpc) is 2.92. The van der Waals surface area contributed by atoms with Gasteiger partial charge in [-0.1, -0.05) is 29.8 Å². The van der Waals surface area contributed by atoms with E-state index < -0.39 is 16.7 Å². The molecule has 0 radical (unpaired) electrons. The predicted molar refractivity (Wildman–Crippen MR) is 96.2 cm³/mol. The van der Waals surface area contributed by atoms with Crippen LogP contribution < -0.4 is 11.3 Å². The minimum Gasteiger partial charge on any atom is -0.290 e. The third-order valence-corrected chi connectivity index (χ3v) is 4.38. The van der Waals surface area contributed by atoms with Gasteiger partial charge in [-0.25, -0.2) is 5.84 Å². The summed E-state index contributed by atoms with van der Waals surface area (Å²) in [4.78, 5) is 35.4. The van der Waals surface area contributed by atoms with Gasteiger partial charge in [-0.2, -0.15) is 0 Å². The van der Waals surface area contributed by atoms with Crippen LogP contribution in [0.4, 0.5) is 5.69 Å². The van der Waals surface area contributed by atoms with Gasteiger partial charge in [0.1, 0.15) is 0 Å². The molecule has 1 heterocycles. The number of nitro groups is 1. The second kappa shape index (κ2) is 6.58. The standard InChI is InChI=1S/C17H13ClN4O4/c1-9-15(16(23)20-19)12-4-2-3-5-14(12)21(9)17(24)11-7-6-10(22(25)26)8-13(11)18/h2-8H,19H2,1H3,(H,20,23). The number of non-ortho nitro benzene ring substituents is 1. The number of amides is 1. The molecule has 0 saturated heterocycles. The molecule has 0 unspecified atom stereocenters. The van der Waals surface area contributed by atoms with E-state index >= 15 is 0 Å². The highest BCUT2D eigenvalue weighted by Gasteiger charge is 2.25. The van der Waals surface area contributed by atoms with Gasteiger partial charge in [0.05, 0.1) is 26.6 Å². The zero-order chi connectivity index (χ0) is 19.0. The molecule has 9 heteroatoms. The normalized spacial score (nSPS) is 10.7. The van der Waals surface area contributed by atoms with Gasteiger partial charge in [-0.05, 0) is 19.1 Å². The first kappa shape index (κ1) is 17.6. The number of nitro benzene ring substituents is 1. The number of para-hydroxylation sites is 1. The Hall–Kier alpha value is -3.23. The number of hydrazine groups is 1. The van der Waals surface area contributed by atoms with Crippen LogP contribution in [0.25, 0.3) is 10.9 Å². The molecule has 132 valence electrons. The maximum absolute atomic E-state index is 13.1. The number of nitrogens with two attached hydrogens (primary N) is 1. The number of nitrogens with one attached hydrogen (secondary N) is 1. The van der Waals surface area contributed by atoms with E-state index in [9.17, 15) is 19.7 Å². The Kier molecular flexibility index (Phi) is 4.45. The molecule has 3 aromatic rings.